The van der Waals surface area contributed by atoms with Crippen LogP contribution in [0, 0.1) is 6.92 Å². The van der Waals surface area contributed by atoms with Gasteiger partial charge in [0.05, 0.1) is 0 Å². The largest absolute Gasteiger partial charge is 0.489 e. The Hall–Kier alpha value is -3.27. The van der Waals surface area contributed by atoms with E-state index in [9.17, 15) is 4.79 Å². The van der Waals surface area contributed by atoms with Crippen LogP contribution in [0.3, 0.4) is 0 Å². The summed E-state index contributed by atoms with van der Waals surface area (Å²) in [6.45, 7) is 2.52. The summed E-state index contributed by atoms with van der Waals surface area (Å²) in [4.78, 5) is 12.0. The van der Waals surface area contributed by atoms with Gasteiger partial charge in [0.2, 0.25) is 0 Å². The number of hydrogen-bond acceptors (Lipinski definition) is 2. The first-order valence-electron chi connectivity index (χ1n) is 8.10. The maximum atomic E-state index is 12.0. The Balaban J connectivity index is 1.51. The number of benzene rings is 3. The van der Waals surface area contributed by atoms with E-state index in [1.807, 2.05) is 85.8 Å². The molecule has 0 aromatic heterocycles. The van der Waals surface area contributed by atoms with Gasteiger partial charge in [-0.15, -0.1) is 0 Å². The third-order valence-electron chi connectivity index (χ3n) is 3.67. The highest BCUT2D eigenvalue weighted by Gasteiger charge is 2.03. The molecule has 0 radical (unpaired) electrons. The number of aryl methyl sites for hydroxylation is 1. The minimum Gasteiger partial charge on any atom is -0.489 e. The molecule has 0 heterocycles. The van der Waals surface area contributed by atoms with E-state index < -0.39 is 0 Å². The molecule has 2 amide bonds. The lowest BCUT2D eigenvalue weighted by molar-refractivity contribution is 0.262. The van der Waals surface area contributed by atoms with Gasteiger partial charge < -0.3 is 15.4 Å². The number of ether oxygens (including phenoxy) is 1. The molecule has 0 aliphatic heterocycles. The van der Waals surface area contributed by atoms with Crippen molar-refractivity contribution in [3.63, 3.8) is 0 Å². The molecule has 0 unspecified atom stereocenters. The van der Waals surface area contributed by atoms with Crippen LogP contribution >= 0.6 is 0 Å². The molecule has 0 spiro atoms. The second-order valence-corrected chi connectivity index (χ2v) is 5.74. The Morgan fingerprint density at radius 3 is 1.96 bits per heavy atom. The van der Waals surface area contributed by atoms with Gasteiger partial charge in [0.1, 0.15) is 12.4 Å². The third-order valence-corrected chi connectivity index (χ3v) is 3.67. The van der Waals surface area contributed by atoms with E-state index in [4.69, 9.17) is 4.74 Å². The Kier molecular flexibility index (Phi) is 5.32. The van der Waals surface area contributed by atoms with Crippen molar-refractivity contribution < 1.29 is 9.53 Å². The van der Waals surface area contributed by atoms with Gasteiger partial charge in [0, 0.05) is 11.4 Å². The van der Waals surface area contributed by atoms with Crippen LogP contribution in [0.4, 0.5) is 16.2 Å². The summed E-state index contributed by atoms with van der Waals surface area (Å²) in [7, 11) is 0. The number of amides is 2. The topological polar surface area (TPSA) is 50.4 Å². The molecule has 0 atom stereocenters. The summed E-state index contributed by atoms with van der Waals surface area (Å²) in [5, 5.41) is 5.60. The molecule has 3 rings (SSSR count). The molecule has 2 N–H and O–H groups in total. The lowest BCUT2D eigenvalue weighted by atomic mass is 10.2. The van der Waals surface area contributed by atoms with Crippen LogP contribution in [0.5, 0.6) is 5.75 Å². The van der Waals surface area contributed by atoms with Gasteiger partial charge in [0.15, 0.2) is 0 Å². The Labute approximate surface area is 147 Å². The van der Waals surface area contributed by atoms with Gasteiger partial charge in [-0.3, -0.25) is 0 Å². The summed E-state index contributed by atoms with van der Waals surface area (Å²) in [5.41, 5.74) is 3.72. The minimum absolute atomic E-state index is 0.276. The molecule has 3 aromatic carbocycles. The molecule has 25 heavy (non-hydrogen) atoms. The highest BCUT2D eigenvalue weighted by Crippen LogP contribution is 2.17. The first-order valence-corrected chi connectivity index (χ1v) is 8.10. The molecule has 0 bridgehead atoms. The Morgan fingerprint density at radius 2 is 1.36 bits per heavy atom. The minimum atomic E-state index is -0.276. The zero-order valence-electron chi connectivity index (χ0n) is 14.0. The second kappa shape index (κ2) is 8.02. The van der Waals surface area contributed by atoms with Crippen molar-refractivity contribution in [3.05, 3.63) is 90.0 Å². The Morgan fingerprint density at radius 1 is 0.800 bits per heavy atom. The molecule has 0 saturated carbocycles. The zero-order valence-corrected chi connectivity index (χ0v) is 14.0. The molecule has 0 aliphatic rings. The summed E-state index contributed by atoms with van der Waals surface area (Å²) >= 11 is 0. The number of anilines is 2. The van der Waals surface area contributed by atoms with E-state index in [-0.39, 0.29) is 6.03 Å². The fraction of sp³-hybridized carbons (Fsp3) is 0.0952. The highest BCUT2D eigenvalue weighted by atomic mass is 16.5. The van der Waals surface area contributed by atoms with Crippen LogP contribution in [-0.2, 0) is 6.61 Å². The normalized spacial score (nSPS) is 10.1. The SMILES string of the molecule is Cc1ccc(NC(=O)Nc2ccc(OCc3ccccc3)cc2)cc1. The summed E-state index contributed by atoms with van der Waals surface area (Å²) in [6.07, 6.45) is 0. The van der Waals surface area contributed by atoms with Gasteiger partial charge in [0.25, 0.3) is 0 Å². The van der Waals surface area contributed by atoms with Gasteiger partial charge in [-0.25, -0.2) is 4.79 Å². The van der Waals surface area contributed by atoms with Gasteiger partial charge in [-0.1, -0.05) is 48.0 Å². The molecule has 0 fully saturated rings. The van der Waals surface area contributed by atoms with Crippen molar-refractivity contribution in [1.29, 1.82) is 0 Å². The number of carbonyl (C=O) groups is 1. The molecular weight excluding hydrogens is 312 g/mol. The van der Waals surface area contributed by atoms with Crippen molar-refractivity contribution in [3.8, 4) is 5.75 Å². The number of carbonyl (C=O) groups excluding carboxylic acids is 1. The van der Waals surface area contributed by atoms with Crippen LogP contribution in [-0.4, -0.2) is 6.03 Å². The highest BCUT2D eigenvalue weighted by molar-refractivity contribution is 5.99. The molecule has 126 valence electrons. The number of rotatable bonds is 5. The average Bonchev–Trinajstić information content (AvgIpc) is 2.64. The number of urea groups is 1. The molecule has 4 heteroatoms. The quantitative estimate of drug-likeness (QED) is 0.673. The number of hydrogen-bond donors (Lipinski definition) is 2. The summed E-state index contributed by atoms with van der Waals surface area (Å²) in [6, 6.07) is 24.7. The van der Waals surface area contributed by atoms with Crippen molar-refractivity contribution in [2.75, 3.05) is 10.6 Å². The monoisotopic (exact) mass is 332 g/mol. The lowest BCUT2D eigenvalue weighted by Gasteiger charge is -2.10. The standard InChI is InChI=1S/C21H20N2O2/c1-16-7-9-18(10-8-16)22-21(24)23-19-11-13-20(14-12-19)25-15-17-5-3-2-4-6-17/h2-14H,15H2,1H3,(H2,22,23,24). The average molecular weight is 332 g/mol. The van der Waals surface area contributed by atoms with Gasteiger partial charge in [-0.2, -0.15) is 0 Å². The predicted octanol–water partition coefficient (Wildman–Crippen LogP) is 5.22. The third kappa shape index (κ3) is 5.11. The van der Waals surface area contributed by atoms with E-state index in [1.165, 1.54) is 0 Å². The van der Waals surface area contributed by atoms with E-state index >= 15 is 0 Å². The van der Waals surface area contributed by atoms with E-state index in [1.54, 1.807) is 0 Å². The van der Waals surface area contributed by atoms with Crippen molar-refractivity contribution in [1.82, 2.24) is 0 Å². The van der Waals surface area contributed by atoms with Crippen molar-refractivity contribution >= 4 is 17.4 Å². The number of nitrogens with one attached hydrogen (secondary N) is 2. The molecule has 0 saturated heterocycles. The fourth-order valence-electron chi connectivity index (χ4n) is 2.31. The van der Waals surface area contributed by atoms with Crippen LogP contribution < -0.4 is 15.4 Å². The maximum absolute atomic E-state index is 12.0. The van der Waals surface area contributed by atoms with Crippen LogP contribution in [0.1, 0.15) is 11.1 Å². The molecule has 3 aromatic rings. The van der Waals surface area contributed by atoms with Crippen LogP contribution in [0.15, 0.2) is 78.9 Å². The molecule has 0 aliphatic carbocycles. The predicted molar refractivity (Wildman–Crippen MR) is 101 cm³/mol. The van der Waals surface area contributed by atoms with Gasteiger partial charge in [-0.05, 0) is 48.9 Å². The van der Waals surface area contributed by atoms with E-state index in [2.05, 4.69) is 10.6 Å². The van der Waals surface area contributed by atoms with E-state index in [0.717, 1.165) is 22.6 Å². The zero-order chi connectivity index (χ0) is 17.5. The second-order valence-electron chi connectivity index (χ2n) is 5.74. The molecule has 4 nitrogen and oxygen atoms in total. The van der Waals surface area contributed by atoms with Gasteiger partial charge >= 0.3 is 6.03 Å². The Bertz CT molecular complexity index is 813. The van der Waals surface area contributed by atoms with Crippen LogP contribution in [0.25, 0.3) is 0 Å². The fourth-order valence-corrected chi connectivity index (χ4v) is 2.31. The van der Waals surface area contributed by atoms with E-state index in [0.29, 0.717) is 12.3 Å². The lowest BCUT2D eigenvalue weighted by Crippen LogP contribution is -2.19. The molecular formula is C21H20N2O2. The summed E-state index contributed by atoms with van der Waals surface area (Å²) in [5.74, 6) is 0.758. The summed E-state index contributed by atoms with van der Waals surface area (Å²) < 4.78 is 5.73. The first kappa shape index (κ1) is 16.6. The van der Waals surface area contributed by atoms with Crippen LogP contribution in [0.2, 0.25) is 0 Å². The maximum Gasteiger partial charge on any atom is 0.323 e. The van der Waals surface area contributed by atoms with Crippen molar-refractivity contribution in [2.24, 2.45) is 0 Å². The van der Waals surface area contributed by atoms with Crippen molar-refractivity contribution in [2.45, 2.75) is 13.5 Å². The smallest absolute Gasteiger partial charge is 0.323 e. The first-order chi connectivity index (χ1) is 12.2.